The van der Waals surface area contributed by atoms with Crippen LogP contribution in [0.3, 0.4) is 0 Å². The van der Waals surface area contributed by atoms with Crippen LogP contribution in [-0.4, -0.2) is 54.5 Å². The first kappa shape index (κ1) is 25.0. The van der Waals surface area contributed by atoms with E-state index in [1.807, 2.05) is 6.26 Å². The summed E-state index contributed by atoms with van der Waals surface area (Å²) in [6.07, 6.45) is 7.25. The normalized spacial score (nSPS) is 14.9. The van der Waals surface area contributed by atoms with Crippen LogP contribution in [0.25, 0.3) is 0 Å². The fourth-order valence-electron chi connectivity index (χ4n) is 3.20. The first-order chi connectivity index (χ1) is 14.9. The van der Waals surface area contributed by atoms with Gasteiger partial charge in [-0.2, -0.15) is 11.8 Å². The average molecular weight is 470 g/mol. The third-order valence-corrected chi connectivity index (χ3v) is 5.74. The highest BCUT2D eigenvalue weighted by molar-refractivity contribution is 7.98. The zero-order chi connectivity index (χ0) is 22.6. The second-order valence-corrected chi connectivity index (χ2v) is 8.70. The van der Waals surface area contributed by atoms with Crippen molar-refractivity contribution in [1.82, 2.24) is 16.0 Å². The zero-order valence-electron chi connectivity index (χ0n) is 17.4. The van der Waals surface area contributed by atoms with E-state index in [0.29, 0.717) is 22.8 Å². The number of carbonyl (C=O) groups excluding carboxylic acids is 4. The van der Waals surface area contributed by atoms with Gasteiger partial charge in [-0.3, -0.25) is 14.9 Å². The molecule has 1 saturated carbocycles. The number of carbonyl (C=O) groups is 4. The maximum Gasteiger partial charge on any atom is 0.329 e. The first-order valence-electron chi connectivity index (χ1n) is 10.2. The monoisotopic (exact) mass is 469 g/mol. The Bertz CT molecular complexity index is 769. The van der Waals surface area contributed by atoms with Gasteiger partial charge in [-0.1, -0.05) is 30.9 Å². The van der Waals surface area contributed by atoms with Gasteiger partial charge in [0.05, 0.1) is 0 Å². The predicted octanol–water partition coefficient (Wildman–Crippen LogP) is 2.89. The van der Waals surface area contributed by atoms with Crippen LogP contribution in [0.5, 0.6) is 0 Å². The molecule has 1 aromatic rings. The van der Waals surface area contributed by atoms with Gasteiger partial charge in [0.1, 0.15) is 6.04 Å². The summed E-state index contributed by atoms with van der Waals surface area (Å²) >= 11 is 7.34. The molecule has 2 rings (SSSR count). The van der Waals surface area contributed by atoms with Crippen molar-refractivity contribution in [3.05, 3.63) is 34.9 Å². The molecule has 1 fully saturated rings. The molecule has 1 aliphatic carbocycles. The number of halogens is 1. The van der Waals surface area contributed by atoms with Crippen molar-refractivity contribution < 1.29 is 23.9 Å². The van der Waals surface area contributed by atoms with Crippen LogP contribution >= 0.6 is 23.4 Å². The Morgan fingerprint density at radius 1 is 1.13 bits per heavy atom. The topological polar surface area (TPSA) is 114 Å². The summed E-state index contributed by atoms with van der Waals surface area (Å²) in [5, 5.41) is 8.04. The van der Waals surface area contributed by atoms with E-state index >= 15 is 0 Å². The molecule has 0 radical (unpaired) electrons. The molecule has 31 heavy (non-hydrogen) atoms. The summed E-state index contributed by atoms with van der Waals surface area (Å²) in [5.41, 5.74) is 0.350. The first-order valence-corrected chi connectivity index (χ1v) is 12.0. The maximum absolute atomic E-state index is 12.4. The minimum absolute atomic E-state index is 0.0584. The number of urea groups is 1. The van der Waals surface area contributed by atoms with E-state index in [1.165, 1.54) is 11.8 Å². The lowest BCUT2D eigenvalue weighted by Crippen LogP contribution is -2.47. The maximum atomic E-state index is 12.4. The largest absolute Gasteiger partial charge is 0.454 e. The van der Waals surface area contributed by atoms with Crippen molar-refractivity contribution >= 4 is 47.2 Å². The van der Waals surface area contributed by atoms with Gasteiger partial charge in [0.25, 0.3) is 11.8 Å². The van der Waals surface area contributed by atoms with Gasteiger partial charge in [0.2, 0.25) is 0 Å². The van der Waals surface area contributed by atoms with Crippen molar-refractivity contribution in [2.75, 3.05) is 18.6 Å². The fourth-order valence-corrected chi connectivity index (χ4v) is 3.79. The molecule has 3 N–H and O–H groups in total. The Kier molecular flexibility index (Phi) is 10.7. The van der Waals surface area contributed by atoms with Crippen LogP contribution in [0.4, 0.5) is 4.79 Å². The van der Waals surface area contributed by atoms with Gasteiger partial charge < -0.3 is 15.4 Å². The molecule has 0 aliphatic heterocycles. The molecule has 1 atom stereocenters. The molecule has 8 nitrogen and oxygen atoms in total. The minimum Gasteiger partial charge on any atom is -0.454 e. The molecule has 4 amide bonds. The number of thioether (sulfide) groups is 1. The molecule has 0 bridgehead atoms. The summed E-state index contributed by atoms with van der Waals surface area (Å²) in [5.74, 6) is -1.30. The second kappa shape index (κ2) is 13.2. The van der Waals surface area contributed by atoms with E-state index in [1.54, 1.807) is 24.3 Å². The van der Waals surface area contributed by atoms with Crippen molar-refractivity contribution in [3.8, 4) is 0 Å². The summed E-state index contributed by atoms with van der Waals surface area (Å²) < 4.78 is 5.03. The minimum atomic E-state index is -0.917. The molecule has 0 saturated heterocycles. The molecule has 1 aliphatic rings. The number of esters is 1. The summed E-state index contributed by atoms with van der Waals surface area (Å²) in [6.45, 7) is -0.608. The van der Waals surface area contributed by atoms with E-state index < -0.39 is 36.5 Å². The van der Waals surface area contributed by atoms with Gasteiger partial charge >= 0.3 is 12.0 Å². The lowest BCUT2D eigenvalue weighted by atomic mass is 9.96. The molecule has 0 heterocycles. The zero-order valence-corrected chi connectivity index (χ0v) is 19.0. The molecular weight excluding hydrogens is 442 g/mol. The number of ether oxygens (including phenoxy) is 1. The van der Waals surface area contributed by atoms with Crippen molar-refractivity contribution in [1.29, 1.82) is 0 Å². The van der Waals surface area contributed by atoms with E-state index in [2.05, 4.69) is 16.0 Å². The van der Waals surface area contributed by atoms with Gasteiger partial charge in [-0.25, -0.2) is 9.59 Å². The Morgan fingerprint density at radius 2 is 1.81 bits per heavy atom. The van der Waals surface area contributed by atoms with Crippen LogP contribution in [-0.2, 0) is 14.3 Å². The molecule has 1 aromatic carbocycles. The van der Waals surface area contributed by atoms with Crippen LogP contribution < -0.4 is 16.0 Å². The van der Waals surface area contributed by atoms with E-state index in [-0.39, 0.29) is 6.04 Å². The lowest BCUT2D eigenvalue weighted by molar-refractivity contribution is -0.150. The lowest BCUT2D eigenvalue weighted by Gasteiger charge is -2.22. The van der Waals surface area contributed by atoms with E-state index in [4.69, 9.17) is 16.3 Å². The molecular formula is C21H28ClN3O5S. The Balaban J connectivity index is 1.81. The number of imide groups is 1. The number of hydrogen-bond acceptors (Lipinski definition) is 6. The number of benzene rings is 1. The van der Waals surface area contributed by atoms with Crippen molar-refractivity contribution in [3.63, 3.8) is 0 Å². The third kappa shape index (κ3) is 9.18. The van der Waals surface area contributed by atoms with Crippen LogP contribution in [0, 0.1) is 0 Å². The van der Waals surface area contributed by atoms with Gasteiger partial charge in [0, 0.05) is 16.6 Å². The third-order valence-electron chi connectivity index (χ3n) is 4.85. The van der Waals surface area contributed by atoms with Gasteiger partial charge in [0.15, 0.2) is 6.61 Å². The molecule has 10 heteroatoms. The quantitative estimate of drug-likeness (QED) is 0.479. The summed E-state index contributed by atoms with van der Waals surface area (Å²) in [7, 11) is 0. The number of nitrogens with one attached hydrogen (secondary N) is 3. The highest BCUT2D eigenvalue weighted by atomic mass is 35.5. The number of amides is 4. The van der Waals surface area contributed by atoms with E-state index in [0.717, 1.165) is 32.1 Å². The highest BCUT2D eigenvalue weighted by Gasteiger charge is 2.24. The van der Waals surface area contributed by atoms with Gasteiger partial charge in [-0.05, 0) is 55.5 Å². The van der Waals surface area contributed by atoms with Crippen LogP contribution in [0.1, 0.15) is 48.9 Å². The second-order valence-electron chi connectivity index (χ2n) is 7.28. The fraction of sp³-hybridized carbons (Fsp3) is 0.524. The Morgan fingerprint density at radius 3 is 2.45 bits per heavy atom. The standard InChI is InChI=1S/C21H28ClN3O5S/c1-31-12-11-17(24-19(27)14-7-9-15(22)10-8-14)20(28)30-13-18(26)25-21(29)23-16-5-3-2-4-6-16/h7-10,16-17H,2-6,11-13H2,1H3,(H,24,27)(H2,23,25,26,29)/t17-/m1/s1. The number of rotatable bonds is 9. The number of hydrogen-bond donors (Lipinski definition) is 3. The summed E-state index contributed by atoms with van der Waals surface area (Å²) in [4.78, 5) is 48.7. The smallest absolute Gasteiger partial charge is 0.329 e. The average Bonchev–Trinajstić information content (AvgIpc) is 2.75. The highest BCUT2D eigenvalue weighted by Crippen LogP contribution is 2.17. The molecule has 0 aromatic heterocycles. The van der Waals surface area contributed by atoms with Gasteiger partial charge in [-0.15, -0.1) is 0 Å². The van der Waals surface area contributed by atoms with Crippen LogP contribution in [0.15, 0.2) is 24.3 Å². The molecule has 170 valence electrons. The molecule has 0 unspecified atom stereocenters. The Labute approximate surface area is 191 Å². The van der Waals surface area contributed by atoms with E-state index in [9.17, 15) is 19.2 Å². The summed E-state index contributed by atoms with van der Waals surface area (Å²) in [6, 6.07) is 4.80. The SMILES string of the molecule is CSCC[C@@H](NC(=O)c1ccc(Cl)cc1)C(=O)OCC(=O)NC(=O)NC1CCCCC1. The van der Waals surface area contributed by atoms with Crippen molar-refractivity contribution in [2.45, 2.75) is 50.6 Å². The van der Waals surface area contributed by atoms with Crippen molar-refractivity contribution in [2.24, 2.45) is 0 Å². The predicted molar refractivity (Wildman–Crippen MR) is 120 cm³/mol. The Hall–Kier alpha value is -2.26. The van der Waals surface area contributed by atoms with Crippen LogP contribution in [0.2, 0.25) is 5.02 Å². The molecule has 0 spiro atoms.